The first kappa shape index (κ1) is 12.6. The Labute approximate surface area is 103 Å². The summed E-state index contributed by atoms with van der Waals surface area (Å²) in [6.07, 6.45) is 2.67. The zero-order chi connectivity index (χ0) is 11.9. The molecule has 0 amide bonds. The Kier molecular flexibility index (Phi) is 4.98. The maximum absolute atomic E-state index is 5.51. The average Bonchev–Trinajstić information content (AvgIpc) is 3.17. The second-order valence-electron chi connectivity index (χ2n) is 4.52. The lowest BCUT2D eigenvalue weighted by Gasteiger charge is -2.07. The summed E-state index contributed by atoms with van der Waals surface area (Å²) in [5.74, 6) is 0. The number of hydrogen-bond acceptors (Lipinski definition) is 3. The monoisotopic (exact) mass is 235 g/mol. The normalized spacial score (nSPS) is 15.1. The molecule has 0 saturated heterocycles. The quantitative estimate of drug-likeness (QED) is 0.700. The van der Waals surface area contributed by atoms with Crippen molar-refractivity contribution in [1.82, 2.24) is 5.32 Å². The fourth-order valence-electron chi connectivity index (χ4n) is 1.71. The number of rotatable bonds is 8. The van der Waals surface area contributed by atoms with E-state index in [2.05, 4.69) is 29.6 Å². The van der Waals surface area contributed by atoms with Crippen LogP contribution >= 0.6 is 0 Å². The first-order valence-electron chi connectivity index (χ1n) is 6.26. The minimum Gasteiger partial charge on any atom is -0.382 e. The maximum Gasteiger partial charge on any atom is 0.0718 e. The lowest BCUT2D eigenvalue weighted by molar-refractivity contribution is 0.0616. The Balaban J connectivity index is 1.74. The number of benzene rings is 1. The highest BCUT2D eigenvalue weighted by atomic mass is 16.5. The van der Waals surface area contributed by atoms with Gasteiger partial charge in [-0.05, 0) is 24.0 Å². The minimum atomic E-state index is 0.654. The molecule has 0 unspecified atom stereocenters. The third-order valence-electron chi connectivity index (χ3n) is 2.86. The minimum absolute atomic E-state index is 0.654. The van der Waals surface area contributed by atoms with Gasteiger partial charge in [-0.15, -0.1) is 0 Å². The molecule has 0 heterocycles. The van der Waals surface area contributed by atoms with Gasteiger partial charge in [-0.1, -0.05) is 24.3 Å². The van der Waals surface area contributed by atoms with Crippen LogP contribution in [-0.2, 0) is 22.6 Å². The molecule has 17 heavy (non-hydrogen) atoms. The van der Waals surface area contributed by atoms with Crippen LogP contribution in [0.2, 0.25) is 0 Å². The first-order valence-corrected chi connectivity index (χ1v) is 6.26. The van der Waals surface area contributed by atoms with Crippen molar-refractivity contribution in [3.63, 3.8) is 0 Å². The smallest absolute Gasteiger partial charge is 0.0718 e. The van der Waals surface area contributed by atoms with Crippen molar-refractivity contribution in [3.8, 4) is 0 Å². The summed E-state index contributed by atoms with van der Waals surface area (Å²) in [6, 6.07) is 9.33. The van der Waals surface area contributed by atoms with Crippen LogP contribution < -0.4 is 5.32 Å². The molecule has 1 aliphatic carbocycles. The van der Waals surface area contributed by atoms with Crippen molar-refractivity contribution >= 4 is 0 Å². The molecule has 94 valence electrons. The Hall–Kier alpha value is -0.900. The van der Waals surface area contributed by atoms with Gasteiger partial charge in [-0.25, -0.2) is 0 Å². The largest absolute Gasteiger partial charge is 0.382 e. The summed E-state index contributed by atoms with van der Waals surface area (Å²) in [5.41, 5.74) is 2.57. The van der Waals surface area contributed by atoms with Gasteiger partial charge in [0.1, 0.15) is 0 Å². The highest BCUT2D eigenvalue weighted by molar-refractivity contribution is 5.23. The van der Waals surface area contributed by atoms with Gasteiger partial charge < -0.3 is 14.8 Å². The van der Waals surface area contributed by atoms with Crippen molar-refractivity contribution in [3.05, 3.63) is 35.4 Å². The van der Waals surface area contributed by atoms with Crippen molar-refractivity contribution in [2.75, 3.05) is 20.3 Å². The molecule has 0 radical (unpaired) electrons. The number of ether oxygens (including phenoxy) is 2. The molecule has 0 aromatic heterocycles. The molecule has 0 bridgehead atoms. The predicted octanol–water partition coefficient (Wildman–Crippen LogP) is 2.10. The average molecular weight is 235 g/mol. The Morgan fingerprint density at radius 2 is 2.06 bits per heavy atom. The van der Waals surface area contributed by atoms with Crippen LogP contribution in [-0.4, -0.2) is 26.4 Å². The fourth-order valence-corrected chi connectivity index (χ4v) is 1.71. The van der Waals surface area contributed by atoms with E-state index >= 15 is 0 Å². The summed E-state index contributed by atoms with van der Waals surface area (Å²) in [7, 11) is 1.69. The van der Waals surface area contributed by atoms with Crippen molar-refractivity contribution in [2.24, 2.45) is 0 Å². The van der Waals surface area contributed by atoms with Gasteiger partial charge in [0.05, 0.1) is 19.8 Å². The van der Waals surface area contributed by atoms with Gasteiger partial charge in [0.15, 0.2) is 0 Å². The summed E-state index contributed by atoms with van der Waals surface area (Å²) >= 11 is 0. The molecule has 0 spiro atoms. The van der Waals surface area contributed by atoms with Crippen molar-refractivity contribution in [1.29, 1.82) is 0 Å². The van der Waals surface area contributed by atoms with E-state index in [1.165, 1.54) is 24.0 Å². The second kappa shape index (κ2) is 6.74. The standard InChI is InChI=1S/C14H21NO2/c1-16-7-8-17-11-13-4-2-3-12(9-13)10-15-14-5-6-14/h2-4,9,14-15H,5-8,10-11H2,1H3. The zero-order valence-corrected chi connectivity index (χ0v) is 10.4. The highest BCUT2D eigenvalue weighted by Gasteiger charge is 2.19. The van der Waals surface area contributed by atoms with Crippen LogP contribution in [0.25, 0.3) is 0 Å². The summed E-state index contributed by atoms with van der Waals surface area (Å²) in [4.78, 5) is 0. The van der Waals surface area contributed by atoms with Crippen LogP contribution in [0, 0.1) is 0 Å². The summed E-state index contributed by atoms with van der Waals surface area (Å²) in [6.45, 7) is 2.95. The molecule has 1 aromatic rings. The van der Waals surface area contributed by atoms with E-state index in [9.17, 15) is 0 Å². The highest BCUT2D eigenvalue weighted by Crippen LogP contribution is 2.19. The summed E-state index contributed by atoms with van der Waals surface area (Å²) < 4.78 is 10.4. The number of nitrogens with one attached hydrogen (secondary N) is 1. The van der Waals surface area contributed by atoms with Gasteiger partial charge >= 0.3 is 0 Å². The van der Waals surface area contributed by atoms with E-state index in [1.54, 1.807) is 7.11 Å². The van der Waals surface area contributed by atoms with E-state index < -0.39 is 0 Å². The summed E-state index contributed by atoms with van der Waals surface area (Å²) in [5, 5.41) is 3.52. The Morgan fingerprint density at radius 1 is 1.24 bits per heavy atom. The van der Waals surface area contributed by atoms with Gasteiger partial charge in [-0.2, -0.15) is 0 Å². The first-order chi connectivity index (χ1) is 8.38. The Bertz CT molecular complexity index is 337. The van der Waals surface area contributed by atoms with Crippen LogP contribution in [0.1, 0.15) is 24.0 Å². The molecule has 3 nitrogen and oxygen atoms in total. The predicted molar refractivity (Wildman–Crippen MR) is 67.8 cm³/mol. The number of hydrogen-bond donors (Lipinski definition) is 1. The van der Waals surface area contributed by atoms with Crippen LogP contribution in [0.3, 0.4) is 0 Å². The lowest BCUT2D eigenvalue weighted by Crippen LogP contribution is -2.15. The molecule has 0 atom stereocenters. The molecular formula is C14H21NO2. The molecular weight excluding hydrogens is 214 g/mol. The van der Waals surface area contributed by atoms with Crippen LogP contribution in [0.15, 0.2) is 24.3 Å². The van der Waals surface area contributed by atoms with E-state index in [-0.39, 0.29) is 0 Å². The fraction of sp³-hybridized carbons (Fsp3) is 0.571. The lowest BCUT2D eigenvalue weighted by atomic mass is 10.1. The van der Waals surface area contributed by atoms with Crippen molar-refractivity contribution < 1.29 is 9.47 Å². The van der Waals surface area contributed by atoms with Gasteiger partial charge in [-0.3, -0.25) is 0 Å². The molecule has 1 fully saturated rings. The van der Waals surface area contributed by atoms with Gasteiger partial charge in [0.25, 0.3) is 0 Å². The van der Waals surface area contributed by atoms with E-state index in [4.69, 9.17) is 9.47 Å². The van der Waals surface area contributed by atoms with Gasteiger partial charge in [0.2, 0.25) is 0 Å². The van der Waals surface area contributed by atoms with E-state index in [0.29, 0.717) is 19.8 Å². The molecule has 3 heteroatoms. The molecule has 0 aliphatic heterocycles. The van der Waals surface area contributed by atoms with Gasteiger partial charge in [0, 0.05) is 19.7 Å². The third-order valence-corrected chi connectivity index (χ3v) is 2.86. The van der Waals surface area contributed by atoms with Crippen molar-refractivity contribution in [2.45, 2.75) is 32.0 Å². The molecule has 2 rings (SSSR count). The topological polar surface area (TPSA) is 30.5 Å². The molecule has 1 N–H and O–H groups in total. The maximum atomic E-state index is 5.51. The Morgan fingerprint density at radius 3 is 2.82 bits per heavy atom. The second-order valence-corrected chi connectivity index (χ2v) is 4.52. The molecule has 1 aliphatic rings. The third kappa shape index (κ3) is 4.86. The molecule has 1 aromatic carbocycles. The molecule has 1 saturated carbocycles. The van der Waals surface area contributed by atoms with E-state index in [1.807, 2.05) is 0 Å². The van der Waals surface area contributed by atoms with Crippen LogP contribution in [0.4, 0.5) is 0 Å². The van der Waals surface area contributed by atoms with E-state index in [0.717, 1.165) is 12.6 Å². The SMILES string of the molecule is COCCOCc1cccc(CNC2CC2)c1. The van der Waals surface area contributed by atoms with Crippen LogP contribution in [0.5, 0.6) is 0 Å². The number of methoxy groups -OCH3 is 1. The zero-order valence-electron chi connectivity index (χ0n) is 10.4.